The molecule has 0 atom stereocenters. The summed E-state index contributed by atoms with van der Waals surface area (Å²) in [7, 11) is 0. The van der Waals surface area contributed by atoms with Crippen LogP contribution in [0.5, 0.6) is 0 Å². The van der Waals surface area contributed by atoms with Gasteiger partial charge in [0.2, 0.25) is 0 Å². The molecule has 16 heavy (non-hydrogen) atoms. The number of hydrogen-bond acceptors (Lipinski definition) is 3. The molecule has 2 rings (SSSR count). The third-order valence-electron chi connectivity index (χ3n) is 2.11. The molecule has 0 saturated carbocycles. The van der Waals surface area contributed by atoms with Crippen LogP contribution in [0.1, 0.15) is 11.5 Å². The predicted octanol–water partition coefficient (Wildman–Crippen LogP) is 3.79. The Hall–Kier alpha value is -0.710. The summed E-state index contributed by atoms with van der Waals surface area (Å²) >= 11 is 5.16. The summed E-state index contributed by atoms with van der Waals surface area (Å²) in [5, 5.41) is 0. The standard InChI is InChI=1S/C12H12BrNOS/c13-9-1-5-12(6-2-9)16-8-11-4-3-10(7-14)15-11/h1-6H,7-8,14H2. The van der Waals surface area contributed by atoms with E-state index in [4.69, 9.17) is 10.2 Å². The van der Waals surface area contributed by atoms with E-state index in [1.165, 1.54) is 4.90 Å². The number of thioether (sulfide) groups is 1. The van der Waals surface area contributed by atoms with E-state index in [-0.39, 0.29) is 0 Å². The molecular weight excluding hydrogens is 286 g/mol. The maximum absolute atomic E-state index is 5.52. The number of hydrogen-bond donors (Lipinski definition) is 1. The van der Waals surface area contributed by atoms with Crippen LogP contribution < -0.4 is 5.73 Å². The lowest BCUT2D eigenvalue weighted by molar-refractivity contribution is 0.482. The van der Waals surface area contributed by atoms with Gasteiger partial charge in [0.05, 0.1) is 12.3 Å². The predicted molar refractivity (Wildman–Crippen MR) is 70.3 cm³/mol. The quantitative estimate of drug-likeness (QED) is 0.873. The third kappa shape index (κ3) is 3.14. The van der Waals surface area contributed by atoms with Crippen molar-refractivity contribution < 1.29 is 4.42 Å². The van der Waals surface area contributed by atoms with Gasteiger partial charge >= 0.3 is 0 Å². The highest BCUT2D eigenvalue weighted by Crippen LogP contribution is 2.25. The van der Waals surface area contributed by atoms with E-state index >= 15 is 0 Å². The Morgan fingerprint density at radius 1 is 1.06 bits per heavy atom. The second-order valence-corrected chi connectivity index (χ2v) is 5.28. The molecule has 2 aromatic rings. The van der Waals surface area contributed by atoms with Crippen LogP contribution in [0.3, 0.4) is 0 Å². The van der Waals surface area contributed by atoms with Gasteiger partial charge < -0.3 is 10.2 Å². The van der Waals surface area contributed by atoms with E-state index in [0.717, 1.165) is 21.7 Å². The number of halogens is 1. The van der Waals surface area contributed by atoms with Crippen LogP contribution in [-0.4, -0.2) is 0 Å². The van der Waals surface area contributed by atoms with Crippen molar-refractivity contribution in [2.45, 2.75) is 17.2 Å². The Morgan fingerprint density at radius 2 is 1.75 bits per heavy atom. The fourth-order valence-corrected chi connectivity index (χ4v) is 2.35. The molecule has 2 nitrogen and oxygen atoms in total. The number of benzene rings is 1. The minimum atomic E-state index is 0.461. The summed E-state index contributed by atoms with van der Waals surface area (Å²) in [5.41, 5.74) is 5.48. The molecular formula is C12H12BrNOS. The van der Waals surface area contributed by atoms with Crippen molar-refractivity contribution in [3.63, 3.8) is 0 Å². The number of furan rings is 1. The lowest BCUT2D eigenvalue weighted by atomic mass is 10.4. The highest BCUT2D eigenvalue weighted by Gasteiger charge is 2.01. The molecule has 1 aromatic heterocycles. The minimum Gasteiger partial charge on any atom is -0.464 e. The Balaban J connectivity index is 1.94. The SMILES string of the molecule is NCc1ccc(CSc2ccc(Br)cc2)o1. The molecule has 0 aliphatic carbocycles. The Kier molecular flexibility index (Phi) is 4.09. The molecule has 0 saturated heterocycles. The fourth-order valence-electron chi connectivity index (χ4n) is 1.29. The van der Waals surface area contributed by atoms with Gasteiger partial charge in [-0.2, -0.15) is 0 Å². The van der Waals surface area contributed by atoms with Crippen LogP contribution in [0.15, 0.2) is 50.2 Å². The molecule has 0 fully saturated rings. The highest BCUT2D eigenvalue weighted by molar-refractivity contribution is 9.10. The molecule has 0 amide bonds. The van der Waals surface area contributed by atoms with Gasteiger partial charge in [0.1, 0.15) is 11.5 Å². The maximum atomic E-state index is 5.52. The van der Waals surface area contributed by atoms with Gasteiger partial charge in [-0.25, -0.2) is 0 Å². The summed E-state index contributed by atoms with van der Waals surface area (Å²) in [4.78, 5) is 1.23. The zero-order valence-electron chi connectivity index (χ0n) is 8.65. The monoisotopic (exact) mass is 297 g/mol. The van der Waals surface area contributed by atoms with Gasteiger partial charge in [-0.3, -0.25) is 0 Å². The van der Waals surface area contributed by atoms with Crippen molar-refractivity contribution in [1.29, 1.82) is 0 Å². The highest BCUT2D eigenvalue weighted by atomic mass is 79.9. The first-order valence-electron chi connectivity index (χ1n) is 4.94. The second kappa shape index (κ2) is 5.57. The molecule has 0 bridgehead atoms. The summed E-state index contributed by atoms with van der Waals surface area (Å²) in [6, 6.07) is 12.2. The van der Waals surface area contributed by atoms with Crippen LogP contribution in [0, 0.1) is 0 Å². The van der Waals surface area contributed by atoms with Gasteiger partial charge in [0.15, 0.2) is 0 Å². The summed E-state index contributed by atoms with van der Waals surface area (Å²) in [5.74, 6) is 2.64. The molecule has 0 aliphatic rings. The van der Waals surface area contributed by atoms with Gasteiger partial charge in [0, 0.05) is 9.37 Å². The molecule has 0 radical (unpaired) electrons. The van der Waals surface area contributed by atoms with E-state index in [0.29, 0.717) is 6.54 Å². The second-order valence-electron chi connectivity index (χ2n) is 3.31. The lowest BCUT2D eigenvalue weighted by Crippen LogP contribution is -1.92. The van der Waals surface area contributed by atoms with Crippen molar-refractivity contribution in [3.05, 3.63) is 52.4 Å². The first-order chi connectivity index (χ1) is 7.78. The van der Waals surface area contributed by atoms with Crippen molar-refractivity contribution in [2.24, 2.45) is 5.73 Å². The molecule has 4 heteroatoms. The zero-order chi connectivity index (χ0) is 11.4. The molecule has 0 spiro atoms. The fraction of sp³-hybridized carbons (Fsp3) is 0.167. The zero-order valence-corrected chi connectivity index (χ0v) is 11.1. The van der Waals surface area contributed by atoms with Gasteiger partial charge in [-0.1, -0.05) is 15.9 Å². The molecule has 1 aromatic carbocycles. The topological polar surface area (TPSA) is 39.2 Å². The average molecular weight is 298 g/mol. The Morgan fingerprint density at radius 3 is 2.38 bits per heavy atom. The van der Waals surface area contributed by atoms with Crippen LogP contribution in [0.25, 0.3) is 0 Å². The van der Waals surface area contributed by atoms with E-state index in [9.17, 15) is 0 Å². The average Bonchev–Trinajstić information content (AvgIpc) is 2.76. The molecule has 0 unspecified atom stereocenters. The number of nitrogens with two attached hydrogens (primary N) is 1. The largest absolute Gasteiger partial charge is 0.464 e. The molecule has 0 aliphatic heterocycles. The van der Waals surface area contributed by atoms with Crippen molar-refractivity contribution >= 4 is 27.7 Å². The van der Waals surface area contributed by atoms with Gasteiger partial charge in [0.25, 0.3) is 0 Å². The van der Waals surface area contributed by atoms with Crippen molar-refractivity contribution in [1.82, 2.24) is 0 Å². The normalized spacial score (nSPS) is 10.6. The number of rotatable bonds is 4. The van der Waals surface area contributed by atoms with E-state index in [1.54, 1.807) is 11.8 Å². The Bertz CT molecular complexity index is 452. The van der Waals surface area contributed by atoms with Gasteiger partial charge in [-0.15, -0.1) is 11.8 Å². The van der Waals surface area contributed by atoms with Crippen molar-refractivity contribution in [2.75, 3.05) is 0 Å². The summed E-state index contributed by atoms with van der Waals surface area (Å²) in [6.45, 7) is 0.461. The third-order valence-corrected chi connectivity index (χ3v) is 3.68. The lowest BCUT2D eigenvalue weighted by Gasteiger charge is -1.99. The van der Waals surface area contributed by atoms with Crippen LogP contribution in [0.2, 0.25) is 0 Å². The molecule has 84 valence electrons. The summed E-state index contributed by atoms with van der Waals surface area (Å²) < 4.78 is 6.62. The van der Waals surface area contributed by atoms with E-state index in [1.807, 2.05) is 24.3 Å². The van der Waals surface area contributed by atoms with Crippen LogP contribution in [-0.2, 0) is 12.3 Å². The minimum absolute atomic E-state index is 0.461. The Labute approximate surface area is 107 Å². The molecule has 1 heterocycles. The van der Waals surface area contributed by atoms with E-state index in [2.05, 4.69) is 28.1 Å². The maximum Gasteiger partial charge on any atom is 0.117 e. The first kappa shape index (κ1) is 11.8. The van der Waals surface area contributed by atoms with Crippen LogP contribution >= 0.6 is 27.7 Å². The van der Waals surface area contributed by atoms with Crippen molar-refractivity contribution in [3.8, 4) is 0 Å². The van der Waals surface area contributed by atoms with Crippen LogP contribution in [0.4, 0.5) is 0 Å². The smallest absolute Gasteiger partial charge is 0.117 e. The molecule has 2 N–H and O–H groups in total. The van der Waals surface area contributed by atoms with E-state index < -0.39 is 0 Å². The van der Waals surface area contributed by atoms with Gasteiger partial charge in [-0.05, 0) is 36.4 Å². The summed E-state index contributed by atoms with van der Waals surface area (Å²) in [6.07, 6.45) is 0. The first-order valence-corrected chi connectivity index (χ1v) is 6.72.